The number of hydrogen-bond donors (Lipinski definition) is 2. The van der Waals surface area contributed by atoms with E-state index in [1.54, 1.807) is 4.90 Å². The van der Waals surface area contributed by atoms with Crippen LogP contribution in [0.3, 0.4) is 0 Å². The van der Waals surface area contributed by atoms with Gasteiger partial charge < -0.3 is 15.2 Å². The Morgan fingerprint density at radius 1 is 1.38 bits per heavy atom. The first-order valence-corrected chi connectivity index (χ1v) is 9.44. The van der Waals surface area contributed by atoms with Crippen molar-refractivity contribution in [2.24, 2.45) is 0 Å². The zero-order valence-corrected chi connectivity index (χ0v) is 14.7. The van der Waals surface area contributed by atoms with Crippen LogP contribution in [0.5, 0.6) is 0 Å². The van der Waals surface area contributed by atoms with E-state index in [4.69, 9.17) is 0 Å². The Labute approximate surface area is 146 Å². The average molecular weight is 345 g/mol. The van der Waals surface area contributed by atoms with E-state index in [0.717, 1.165) is 25.1 Å². The van der Waals surface area contributed by atoms with Crippen LogP contribution in [0, 0.1) is 0 Å². The molecule has 1 aromatic heterocycles. The Morgan fingerprint density at radius 3 is 3.00 bits per heavy atom. The lowest BCUT2D eigenvalue weighted by Gasteiger charge is -2.13. The molecule has 0 spiro atoms. The van der Waals surface area contributed by atoms with Crippen molar-refractivity contribution in [3.63, 3.8) is 0 Å². The minimum absolute atomic E-state index is 0.00814. The Hall–Kier alpha value is -1.95. The second-order valence-electron chi connectivity index (χ2n) is 5.96. The molecule has 0 unspecified atom stereocenters. The Kier molecular flexibility index (Phi) is 5.45. The summed E-state index contributed by atoms with van der Waals surface area (Å²) in [5.74, 6) is 0.842. The van der Waals surface area contributed by atoms with Gasteiger partial charge in [-0.1, -0.05) is 36.9 Å². The van der Waals surface area contributed by atoms with Crippen molar-refractivity contribution in [2.45, 2.75) is 26.2 Å². The number of carbonyl (C=O) groups excluding carboxylic acids is 2. The normalized spacial score (nSPS) is 14.5. The van der Waals surface area contributed by atoms with Crippen LogP contribution < -0.4 is 5.32 Å². The molecule has 0 atom stereocenters. The van der Waals surface area contributed by atoms with Crippen LogP contribution in [-0.4, -0.2) is 46.4 Å². The topological polar surface area (TPSA) is 65.2 Å². The standard InChI is InChI=1S/C18H23N3O2S/c1-2-13-4-3-5-15-14(12-20-17(13)15)6-8-19-16(22)7-9-21-10-11-24-18(21)23/h3-5,12,20H,2,6-11H2,1H3,(H,19,22). The first-order valence-electron chi connectivity index (χ1n) is 8.45. The van der Waals surface area contributed by atoms with Gasteiger partial charge in [0.05, 0.1) is 0 Å². The molecule has 0 saturated carbocycles. The molecule has 0 bridgehead atoms. The quantitative estimate of drug-likeness (QED) is 0.811. The number of nitrogens with zero attached hydrogens (tertiary/aromatic N) is 1. The third kappa shape index (κ3) is 3.75. The lowest BCUT2D eigenvalue weighted by Crippen LogP contribution is -2.31. The van der Waals surface area contributed by atoms with Gasteiger partial charge in [0.25, 0.3) is 5.24 Å². The summed E-state index contributed by atoms with van der Waals surface area (Å²) in [4.78, 5) is 28.5. The fourth-order valence-electron chi connectivity index (χ4n) is 3.07. The zero-order valence-electron chi connectivity index (χ0n) is 13.9. The average Bonchev–Trinajstić information content (AvgIpc) is 3.19. The molecule has 5 nitrogen and oxygen atoms in total. The number of carbonyl (C=O) groups is 2. The monoisotopic (exact) mass is 345 g/mol. The van der Waals surface area contributed by atoms with Gasteiger partial charge in [-0.25, -0.2) is 0 Å². The number of amides is 2. The van der Waals surface area contributed by atoms with Crippen LogP contribution in [0.4, 0.5) is 4.79 Å². The summed E-state index contributed by atoms with van der Waals surface area (Å²) in [7, 11) is 0. The predicted molar refractivity (Wildman–Crippen MR) is 98.4 cm³/mol. The number of fused-ring (bicyclic) bond motifs is 1. The molecule has 128 valence electrons. The summed E-state index contributed by atoms with van der Waals surface area (Å²) >= 11 is 1.33. The predicted octanol–water partition coefficient (Wildman–Crippen LogP) is 2.95. The molecule has 24 heavy (non-hydrogen) atoms. The molecule has 2 heterocycles. The van der Waals surface area contributed by atoms with Crippen molar-refractivity contribution >= 4 is 33.8 Å². The Bertz CT molecular complexity index is 741. The minimum Gasteiger partial charge on any atom is -0.361 e. The fourth-order valence-corrected chi connectivity index (χ4v) is 3.92. The lowest BCUT2D eigenvalue weighted by molar-refractivity contribution is -0.121. The van der Waals surface area contributed by atoms with Gasteiger partial charge in [-0.05, 0) is 24.0 Å². The van der Waals surface area contributed by atoms with Gasteiger partial charge in [0.1, 0.15) is 0 Å². The summed E-state index contributed by atoms with van der Waals surface area (Å²) in [6.45, 7) is 4.04. The zero-order chi connectivity index (χ0) is 16.9. The second kappa shape index (κ2) is 7.75. The van der Waals surface area contributed by atoms with Crippen molar-refractivity contribution in [1.82, 2.24) is 15.2 Å². The number of H-pyrrole nitrogens is 1. The number of aromatic amines is 1. The number of nitrogens with one attached hydrogen (secondary N) is 2. The van der Waals surface area contributed by atoms with E-state index in [1.165, 1.54) is 33.8 Å². The maximum atomic E-state index is 11.9. The molecule has 0 radical (unpaired) electrons. The van der Waals surface area contributed by atoms with E-state index in [0.29, 0.717) is 19.5 Å². The molecule has 1 aliphatic heterocycles. The SMILES string of the molecule is CCc1cccc2c(CCNC(=O)CCN3CCSC3=O)c[nH]c12. The lowest BCUT2D eigenvalue weighted by atomic mass is 10.1. The Balaban J connectivity index is 1.48. The first-order chi connectivity index (χ1) is 11.7. The highest BCUT2D eigenvalue weighted by molar-refractivity contribution is 8.13. The number of benzene rings is 1. The van der Waals surface area contributed by atoms with Gasteiger partial charge >= 0.3 is 0 Å². The van der Waals surface area contributed by atoms with Crippen LogP contribution in [0.1, 0.15) is 24.5 Å². The molecule has 6 heteroatoms. The van der Waals surface area contributed by atoms with Gasteiger partial charge in [0, 0.05) is 48.9 Å². The largest absolute Gasteiger partial charge is 0.361 e. The van der Waals surface area contributed by atoms with Crippen LogP contribution in [0.15, 0.2) is 24.4 Å². The van der Waals surface area contributed by atoms with Gasteiger partial charge in [0.15, 0.2) is 0 Å². The van der Waals surface area contributed by atoms with Crippen LogP contribution in [0.25, 0.3) is 10.9 Å². The molecule has 0 aliphatic carbocycles. The minimum atomic E-state index is 0.00814. The molecule has 2 aromatic rings. The summed E-state index contributed by atoms with van der Waals surface area (Å²) in [6.07, 6.45) is 4.22. The molecular weight excluding hydrogens is 322 g/mol. The number of rotatable bonds is 7. The van der Waals surface area contributed by atoms with E-state index in [1.807, 2.05) is 6.20 Å². The molecule has 2 amide bonds. The number of hydrogen-bond acceptors (Lipinski definition) is 3. The smallest absolute Gasteiger partial charge is 0.281 e. The summed E-state index contributed by atoms with van der Waals surface area (Å²) in [5.41, 5.74) is 3.74. The highest BCUT2D eigenvalue weighted by Gasteiger charge is 2.21. The van der Waals surface area contributed by atoms with Gasteiger partial charge in [-0.2, -0.15) is 0 Å². The molecule has 1 saturated heterocycles. The summed E-state index contributed by atoms with van der Waals surface area (Å²) in [5, 5.41) is 4.29. The third-order valence-electron chi connectivity index (χ3n) is 4.44. The molecule has 1 aliphatic rings. The molecule has 3 rings (SSSR count). The Morgan fingerprint density at radius 2 is 2.25 bits per heavy atom. The van der Waals surface area contributed by atoms with E-state index >= 15 is 0 Å². The van der Waals surface area contributed by atoms with E-state index < -0.39 is 0 Å². The number of para-hydroxylation sites is 1. The second-order valence-corrected chi connectivity index (χ2v) is 7.00. The maximum Gasteiger partial charge on any atom is 0.281 e. The van der Waals surface area contributed by atoms with Crippen molar-refractivity contribution in [2.75, 3.05) is 25.4 Å². The summed E-state index contributed by atoms with van der Waals surface area (Å²) in [6, 6.07) is 6.35. The van der Waals surface area contributed by atoms with Crippen LogP contribution in [0.2, 0.25) is 0 Å². The van der Waals surface area contributed by atoms with Crippen molar-refractivity contribution in [1.29, 1.82) is 0 Å². The van der Waals surface area contributed by atoms with Crippen molar-refractivity contribution in [3.8, 4) is 0 Å². The van der Waals surface area contributed by atoms with Crippen LogP contribution in [-0.2, 0) is 17.6 Å². The van der Waals surface area contributed by atoms with Gasteiger partial charge in [0.2, 0.25) is 5.91 Å². The van der Waals surface area contributed by atoms with Crippen molar-refractivity contribution in [3.05, 3.63) is 35.5 Å². The number of thioether (sulfide) groups is 1. The molecule has 2 N–H and O–H groups in total. The molecule has 1 aromatic carbocycles. The molecule has 1 fully saturated rings. The van der Waals surface area contributed by atoms with Gasteiger partial charge in [-0.3, -0.25) is 9.59 Å². The van der Waals surface area contributed by atoms with Gasteiger partial charge in [-0.15, -0.1) is 0 Å². The van der Waals surface area contributed by atoms with Crippen LogP contribution >= 0.6 is 11.8 Å². The fraction of sp³-hybridized carbons (Fsp3) is 0.444. The van der Waals surface area contributed by atoms with E-state index in [2.05, 4.69) is 35.4 Å². The molecular formula is C18H23N3O2S. The maximum absolute atomic E-state index is 11.9. The summed E-state index contributed by atoms with van der Waals surface area (Å²) < 4.78 is 0. The van der Waals surface area contributed by atoms with E-state index in [-0.39, 0.29) is 11.1 Å². The highest BCUT2D eigenvalue weighted by atomic mass is 32.2. The number of aryl methyl sites for hydroxylation is 1. The third-order valence-corrected chi connectivity index (χ3v) is 5.33. The van der Waals surface area contributed by atoms with Crippen molar-refractivity contribution < 1.29 is 9.59 Å². The first kappa shape index (κ1) is 16.9. The van der Waals surface area contributed by atoms with E-state index in [9.17, 15) is 9.59 Å². The highest BCUT2D eigenvalue weighted by Crippen LogP contribution is 2.22. The number of aromatic nitrogens is 1.